The van der Waals surface area contributed by atoms with Crippen molar-refractivity contribution in [3.63, 3.8) is 0 Å². The Morgan fingerprint density at radius 2 is 1.73 bits per heavy atom. The molecular weight excluding hydrogens is 578 g/mol. The lowest BCUT2D eigenvalue weighted by atomic mass is 9.93. The number of aromatic nitrogens is 1. The van der Waals surface area contributed by atoms with Crippen LogP contribution in [0.15, 0.2) is 35.3 Å². The topological polar surface area (TPSA) is 178 Å². The number of aromatic amines is 1. The van der Waals surface area contributed by atoms with E-state index < -0.39 is 53.4 Å². The number of unbranched alkanes of at least 4 members (excludes halogenated alkanes) is 1. The number of benzene rings is 1. The molecular formula is C33H45N5O7. The molecule has 2 fully saturated rings. The van der Waals surface area contributed by atoms with Crippen molar-refractivity contribution in [3.8, 4) is 0 Å². The van der Waals surface area contributed by atoms with E-state index in [4.69, 9.17) is 0 Å². The number of aliphatic hydroxyl groups is 1. The molecule has 5 N–H and O–H groups in total. The van der Waals surface area contributed by atoms with E-state index in [9.17, 15) is 33.9 Å². The average molecular weight is 624 g/mol. The van der Waals surface area contributed by atoms with Crippen LogP contribution in [-0.2, 0) is 24.0 Å². The highest BCUT2D eigenvalue weighted by Crippen LogP contribution is 2.23. The summed E-state index contributed by atoms with van der Waals surface area (Å²) in [6, 6.07) is 2.50. The molecule has 4 rings (SSSR count). The summed E-state index contributed by atoms with van der Waals surface area (Å²) in [6.07, 6.45) is 4.12. The minimum Gasteiger partial charge on any atom is -0.385 e. The third-order valence-corrected chi connectivity index (χ3v) is 9.12. The number of aliphatic hydroxyl groups excluding tert-OH is 1. The highest BCUT2D eigenvalue weighted by molar-refractivity contribution is 5.98. The van der Waals surface area contributed by atoms with Gasteiger partial charge in [0.1, 0.15) is 30.3 Å². The first-order chi connectivity index (χ1) is 21.6. The lowest BCUT2D eigenvalue weighted by molar-refractivity contribution is -0.147. The summed E-state index contributed by atoms with van der Waals surface area (Å²) in [5, 5.41) is 18.8. The van der Waals surface area contributed by atoms with Gasteiger partial charge < -0.3 is 30.9 Å². The maximum atomic E-state index is 14.0. The number of amides is 4. The Labute approximate surface area is 262 Å². The van der Waals surface area contributed by atoms with Gasteiger partial charge in [0.2, 0.25) is 23.6 Å². The van der Waals surface area contributed by atoms with Gasteiger partial charge in [-0.2, -0.15) is 0 Å². The number of ketones is 1. The predicted octanol–water partition coefficient (Wildman–Crippen LogP) is 2.00. The van der Waals surface area contributed by atoms with Gasteiger partial charge in [-0.15, -0.1) is 0 Å². The molecule has 1 aromatic heterocycles. The van der Waals surface area contributed by atoms with Gasteiger partial charge in [0.25, 0.3) is 0 Å². The monoisotopic (exact) mass is 623 g/mol. The SMILES string of the molecule is CCC(=O)C(O)CCCC[C@@H]1NC(=O)[C@H]2CCCCN2C(=O)[C@H](C(C)CC)NC(=O)[C@H](c2c[nH]c3ccccc3c2=O)NC1=O. The van der Waals surface area contributed by atoms with E-state index in [1.54, 1.807) is 31.2 Å². The highest BCUT2D eigenvalue weighted by atomic mass is 16.3. The van der Waals surface area contributed by atoms with Gasteiger partial charge in [0, 0.05) is 35.6 Å². The number of hydrogen-bond donors (Lipinski definition) is 5. The number of piperidine rings is 1. The molecule has 244 valence electrons. The van der Waals surface area contributed by atoms with E-state index in [-0.39, 0.29) is 42.4 Å². The molecule has 0 radical (unpaired) electrons. The first-order valence-electron chi connectivity index (χ1n) is 16.1. The summed E-state index contributed by atoms with van der Waals surface area (Å²) in [4.78, 5) is 85.5. The van der Waals surface area contributed by atoms with Crippen molar-refractivity contribution in [2.24, 2.45) is 5.92 Å². The third-order valence-electron chi connectivity index (χ3n) is 9.12. The highest BCUT2D eigenvalue weighted by Gasteiger charge is 2.41. The Hall–Kier alpha value is -4.06. The van der Waals surface area contributed by atoms with Crippen molar-refractivity contribution < 1.29 is 29.1 Å². The molecule has 0 spiro atoms. The predicted molar refractivity (Wildman–Crippen MR) is 168 cm³/mol. The number of hydrogen-bond acceptors (Lipinski definition) is 7. The van der Waals surface area contributed by atoms with Gasteiger partial charge in [-0.3, -0.25) is 28.8 Å². The summed E-state index contributed by atoms with van der Waals surface area (Å²) in [5.41, 5.74) is 0.104. The molecule has 45 heavy (non-hydrogen) atoms. The van der Waals surface area contributed by atoms with Crippen LogP contribution in [0.25, 0.3) is 10.9 Å². The van der Waals surface area contributed by atoms with Crippen molar-refractivity contribution in [2.45, 2.75) is 109 Å². The van der Waals surface area contributed by atoms with E-state index in [0.29, 0.717) is 49.6 Å². The Bertz CT molecular complexity index is 1470. The van der Waals surface area contributed by atoms with Crippen molar-refractivity contribution in [3.05, 3.63) is 46.2 Å². The van der Waals surface area contributed by atoms with E-state index in [0.717, 1.165) is 6.42 Å². The summed E-state index contributed by atoms with van der Waals surface area (Å²) in [6.45, 7) is 5.75. The fourth-order valence-corrected chi connectivity index (χ4v) is 6.11. The van der Waals surface area contributed by atoms with Crippen LogP contribution >= 0.6 is 0 Å². The van der Waals surface area contributed by atoms with Crippen molar-refractivity contribution >= 4 is 40.3 Å². The molecule has 2 aliphatic heterocycles. The van der Waals surface area contributed by atoms with Crippen LogP contribution in [0.4, 0.5) is 0 Å². The van der Waals surface area contributed by atoms with Gasteiger partial charge in [0.05, 0.1) is 0 Å². The van der Waals surface area contributed by atoms with Crippen LogP contribution in [0.1, 0.15) is 90.2 Å². The van der Waals surface area contributed by atoms with Crippen LogP contribution in [0, 0.1) is 5.92 Å². The van der Waals surface area contributed by atoms with Crippen molar-refractivity contribution in [1.29, 1.82) is 0 Å². The van der Waals surface area contributed by atoms with Gasteiger partial charge in [-0.1, -0.05) is 52.2 Å². The molecule has 0 saturated carbocycles. The molecule has 2 aliphatic rings. The zero-order valence-electron chi connectivity index (χ0n) is 26.3. The third kappa shape index (κ3) is 7.78. The molecule has 3 heterocycles. The standard InChI is InChI=1S/C33H45N5O7/c1-4-19(3)27-33(45)38-17-11-10-15-24(38)31(43)35-23(14-8-9-16-26(40)25(39)5-2)30(42)37-28(32(44)36-27)21-18-34-22-13-7-6-12-20(22)29(21)41/h6-7,12-13,18-19,23-24,26-28,40H,4-5,8-11,14-17H2,1-3H3,(H,34,41)(H,35,43)(H,36,44)(H,37,42)/t19?,23-,24+,26?,27-,28-/m0/s1. The number of pyridine rings is 1. The minimum atomic E-state index is -1.45. The maximum Gasteiger partial charge on any atom is 0.248 e. The molecule has 2 unspecified atom stereocenters. The summed E-state index contributed by atoms with van der Waals surface area (Å²) >= 11 is 0. The largest absolute Gasteiger partial charge is 0.385 e. The number of fused-ring (bicyclic) bond motifs is 2. The number of H-pyrrole nitrogens is 1. The van der Waals surface area contributed by atoms with Gasteiger partial charge in [-0.25, -0.2) is 0 Å². The molecule has 1 aromatic carbocycles. The summed E-state index contributed by atoms with van der Waals surface area (Å²) in [5.74, 6) is -2.75. The average Bonchev–Trinajstić information content (AvgIpc) is 3.06. The van der Waals surface area contributed by atoms with Crippen LogP contribution in [0.3, 0.4) is 0 Å². The lowest BCUT2D eigenvalue weighted by Crippen LogP contribution is -2.62. The Morgan fingerprint density at radius 3 is 2.47 bits per heavy atom. The summed E-state index contributed by atoms with van der Waals surface area (Å²) in [7, 11) is 0. The number of carbonyl (C=O) groups excluding carboxylic acids is 5. The lowest BCUT2D eigenvalue weighted by Gasteiger charge is -2.39. The second-order valence-electron chi connectivity index (χ2n) is 12.2. The molecule has 6 atom stereocenters. The molecule has 4 amide bonds. The van der Waals surface area contributed by atoms with E-state index in [1.807, 2.05) is 13.8 Å². The fraction of sp³-hybridized carbons (Fsp3) is 0.576. The van der Waals surface area contributed by atoms with E-state index in [1.165, 1.54) is 11.1 Å². The maximum absolute atomic E-state index is 14.0. The summed E-state index contributed by atoms with van der Waals surface area (Å²) < 4.78 is 0. The van der Waals surface area contributed by atoms with Crippen molar-refractivity contribution in [1.82, 2.24) is 25.8 Å². The number of nitrogens with zero attached hydrogens (tertiary/aromatic N) is 1. The fourth-order valence-electron chi connectivity index (χ4n) is 6.11. The second-order valence-corrected chi connectivity index (χ2v) is 12.2. The zero-order valence-corrected chi connectivity index (χ0v) is 26.3. The van der Waals surface area contributed by atoms with Gasteiger partial charge >= 0.3 is 0 Å². The number of nitrogens with one attached hydrogen (secondary N) is 4. The van der Waals surface area contributed by atoms with Crippen LogP contribution < -0.4 is 21.4 Å². The van der Waals surface area contributed by atoms with E-state index in [2.05, 4.69) is 20.9 Å². The molecule has 2 aromatic rings. The zero-order chi connectivity index (χ0) is 32.7. The Morgan fingerprint density at radius 1 is 0.978 bits per heavy atom. The first-order valence-corrected chi connectivity index (χ1v) is 16.1. The minimum absolute atomic E-state index is 0.00548. The molecule has 0 bridgehead atoms. The quantitative estimate of drug-likeness (QED) is 0.251. The number of carbonyl (C=O) groups is 5. The second kappa shape index (κ2) is 15.3. The Balaban J connectivity index is 1.71. The van der Waals surface area contributed by atoms with Crippen LogP contribution in [-0.4, -0.2) is 75.2 Å². The first kappa shape index (κ1) is 33.8. The van der Waals surface area contributed by atoms with Crippen LogP contribution in [0.5, 0.6) is 0 Å². The normalized spacial score (nSPS) is 24.4. The number of para-hydroxylation sites is 1. The Kier molecular flexibility index (Phi) is 11.5. The van der Waals surface area contributed by atoms with Crippen LogP contribution in [0.2, 0.25) is 0 Å². The van der Waals surface area contributed by atoms with Gasteiger partial charge in [0.15, 0.2) is 11.2 Å². The van der Waals surface area contributed by atoms with E-state index >= 15 is 0 Å². The smallest absolute Gasteiger partial charge is 0.248 e. The number of Topliss-reactive ketones (excluding diaryl/α,β-unsaturated/α-hetero) is 1. The molecule has 12 nitrogen and oxygen atoms in total. The molecule has 12 heteroatoms. The number of rotatable bonds is 10. The van der Waals surface area contributed by atoms with Crippen molar-refractivity contribution in [2.75, 3.05) is 6.54 Å². The molecule has 2 saturated heterocycles. The molecule has 0 aliphatic carbocycles. The van der Waals surface area contributed by atoms with Gasteiger partial charge in [-0.05, 0) is 50.2 Å².